The molecule has 138 valence electrons. The molecule has 1 aliphatic heterocycles. The number of benzene rings is 2. The fraction of sp³-hybridized carbons (Fsp3) is 0.111. The molecule has 0 unspecified atom stereocenters. The van der Waals surface area contributed by atoms with E-state index in [2.05, 4.69) is 5.32 Å². The summed E-state index contributed by atoms with van der Waals surface area (Å²) >= 11 is 6.31. The number of hydrogen-bond acceptors (Lipinski definition) is 6. The lowest BCUT2D eigenvalue weighted by Crippen LogP contribution is -2.23. The summed E-state index contributed by atoms with van der Waals surface area (Å²) in [5.41, 5.74) is 7.16. The normalized spacial score (nSPS) is 12.2. The molecule has 0 saturated heterocycles. The Hall–Kier alpha value is -2.91. The molecule has 3 N–H and O–H groups in total. The summed E-state index contributed by atoms with van der Waals surface area (Å²) in [5, 5.41) is 2.80. The van der Waals surface area contributed by atoms with Gasteiger partial charge in [-0.15, -0.1) is 0 Å². The number of fused-ring (bicyclic) bond motifs is 1. The van der Waals surface area contributed by atoms with Crippen LogP contribution in [0.25, 0.3) is 5.69 Å². The monoisotopic (exact) mass is 403 g/mol. The molecule has 1 aromatic heterocycles. The van der Waals surface area contributed by atoms with Crippen molar-refractivity contribution in [3.63, 3.8) is 0 Å². The number of carbonyl (C=O) groups excluding carboxylic acids is 1. The number of halogens is 1. The van der Waals surface area contributed by atoms with Gasteiger partial charge in [0.05, 0.1) is 5.69 Å². The molecule has 4 rings (SSSR count). The molecule has 0 radical (unpaired) electrons. The minimum absolute atomic E-state index is 0.110. The standard InChI is InChI=1S/C18H14FN3O3S2/c19-11-3-1-2-4-12(11)22-16(20)15(27-18(22)26)17(23)21-8-10-5-6-13-14(7-10)25-9-24-13/h1-7H,8-9,20H2,(H,21,23). The molecular weight excluding hydrogens is 389 g/mol. The lowest BCUT2D eigenvalue weighted by atomic mass is 10.2. The van der Waals surface area contributed by atoms with Gasteiger partial charge in [0.1, 0.15) is 16.5 Å². The average Bonchev–Trinajstić information content (AvgIpc) is 3.24. The Balaban J connectivity index is 1.55. The molecule has 0 spiro atoms. The van der Waals surface area contributed by atoms with Crippen molar-refractivity contribution in [1.29, 1.82) is 0 Å². The minimum atomic E-state index is -0.467. The number of thiazole rings is 1. The number of rotatable bonds is 4. The smallest absolute Gasteiger partial charge is 0.265 e. The number of nitrogens with one attached hydrogen (secondary N) is 1. The summed E-state index contributed by atoms with van der Waals surface area (Å²) in [6, 6.07) is 11.6. The predicted molar refractivity (Wildman–Crippen MR) is 103 cm³/mol. The Bertz CT molecular complexity index is 1090. The van der Waals surface area contributed by atoms with E-state index in [0.717, 1.165) is 16.9 Å². The van der Waals surface area contributed by atoms with Crippen LogP contribution in [0.2, 0.25) is 0 Å². The summed E-state index contributed by atoms with van der Waals surface area (Å²) in [7, 11) is 0. The van der Waals surface area contributed by atoms with Crippen molar-refractivity contribution in [1.82, 2.24) is 9.88 Å². The first-order valence-electron chi connectivity index (χ1n) is 7.97. The number of aromatic nitrogens is 1. The summed E-state index contributed by atoms with van der Waals surface area (Å²) in [4.78, 5) is 12.8. The van der Waals surface area contributed by atoms with Crippen molar-refractivity contribution in [2.24, 2.45) is 0 Å². The molecule has 2 heterocycles. The fourth-order valence-electron chi connectivity index (χ4n) is 2.72. The van der Waals surface area contributed by atoms with Crippen LogP contribution in [-0.4, -0.2) is 17.3 Å². The number of para-hydroxylation sites is 1. The average molecular weight is 403 g/mol. The number of anilines is 1. The van der Waals surface area contributed by atoms with Crippen LogP contribution in [0.3, 0.4) is 0 Å². The Morgan fingerprint density at radius 2 is 2.04 bits per heavy atom. The quantitative estimate of drug-likeness (QED) is 0.650. The highest BCUT2D eigenvalue weighted by Crippen LogP contribution is 2.32. The second-order valence-electron chi connectivity index (χ2n) is 5.74. The van der Waals surface area contributed by atoms with Gasteiger partial charge < -0.3 is 20.5 Å². The van der Waals surface area contributed by atoms with Crippen molar-refractivity contribution in [2.45, 2.75) is 6.54 Å². The topological polar surface area (TPSA) is 78.5 Å². The molecule has 2 aromatic carbocycles. The number of nitrogen functional groups attached to an aromatic ring is 1. The summed E-state index contributed by atoms with van der Waals surface area (Å²) in [6.45, 7) is 0.466. The van der Waals surface area contributed by atoms with E-state index in [1.165, 1.54) is 10.6 Å². The van der Waals surface area contributed by atoms with Gasteiger partial charge >= 0.3 is 0 Å². The summed E-state index contributed by atoms with van der Waals surface area (Å²) < 4.78 is 26.3. The second kappa shape index (κ2) is 7.01. The third-order valence-electron chi connectivity index (χ3n) is 4.04. The Labute approximate surface area is 163 Å². The van der Waals surface area contributed by atoms with E-state index in [-0.39, 0.29) is 35.6 Å². The van der Waals surface area contributed by atoms with Gasteiger partial charge in [-0.05, 0) is 42.0 Å². The third-order valence-corrected chi connectivity index (χ3v) is 5.42. The van der Waals surface area contributed by atoms with Crippen LogP contribution in [-0.2, 0) is 6.54 Å². The van der Waals surface area contributed by atoms with Crippen LogP contribution in [0.5, 0.6) is 11.5 Å². The zero-order valence-corrected chi connectivity index (χ0v) is 15.5. The largest absolute Gasteiger partial charge is 0.454 e. The zero-order valence-electron chi connectivity index (χ0n) is 13.9. The molecule has 0 fully saturated rings. The molecule has 1 aliphatic rings. The van der Waals surface area contributed by atoms with Crippen molar-refractivity contribution in [3.8, 4) is 17.2 Å². The zero-order chi connectivity index (χ0) is 19.0. The predicted octanol–water partition coefficient (Wildman–Crippen LogP) is 3.65. The maximum absolute atomic E-state index is 14.1. The maximum atomic E-state index is 14.1. The maximum Gasteiger partial charge on any atom is 0.265 e. The van der Waals surface area contributed by atoms with Crippen LogP contribution in [0.15, 0.2) is 42.5 Å². The summed E-state index contributed by atoms with van der Waals surface area (Å²) in [5.74, 6) is 0.581. The van der Waals surface area contributed by atoms with Gasteiger partial charge in [-0.1, -0.05) is 29.5 Å². The molecular formula is C18H14FN3O3S2. The number of carbonyl (C=O) groups is 1. The lowest BCUT2D eigenvalue weighted by Gasteiger charge is -2.08. The van der Waals surface area contributed by atoms with E-state index >= 15 is 0 Å². The van der Waals surface area contributed by atoms with Crippen LogP contribution in [0.4, 0.5) is 10.2 Å². The van der Waals surface area contributed by atoms with Crippen LogP contribution in [0.1, 0.15) is 15.2 Å². The van der Waals surface area contributed by atoms with Gasteiger partial charge in [0.25, 0.3) is 5.91 Å². The molecule has 0 bridgehead atoms. The molecule has 0 saturated carbocycles. The van der Waals surface area contributed by atoms with Crippen molar-refractivity contribution >= 4 is 35.3 Å². The highest BCUT2D eigenvalue weighted by molar-refractivity contribution is 7.73. The molecule has 6 nitrogen and oxygen atoms in total. The van der Waals surface area contributed by atoms with Gasteiger partial charge in [0, 0.05) is 6.54 Å². The number of ether oxygens (including phenoxy) is 2. The Morgan fingerprint density at radius 3 is 2.85 bits per heavy atom. The first-order valence-corrected chi connectivity index (χ1v) is 9.20. The van der Waals surface area contributed by atoms with Crippen molar-refractivity contribution < 1.29 is 18.7 Å². The molecule has 0 aliphatic carbocycles. The van der Waals surface area contributed by atoms with Crippen LogP contribution < -0.4 is 20.5 Å². The van der Waals surface area contributed by atoms with Crippen molar-refractivity contribution in [2.75, 3.05) is 12.5 Å². The highest BCUT2D eigenvalue weighted by atomic mass is 32.1. The van der Waals surface area contributed by atoms with E-state index in [1.54, 1.807) is 30.3 Å². The van der Waals surface area contributed by atoms with Gasteiger partial charge in [0.2, 0.25) is 6.79 Å². The van der Waals surface area contributed by atoms with E-state index in [9.17, 15) is 9.18 Å². The Morgan fingerprint density at radius 1 is 1.26 bits per heavy atom. The first-order chi connectivity index (χ1) is 13.0. The van der Waals surface area contributed by atoms with Gasteiger partial charge in [-0.3, -0.25) is 9.36 Å². The molecule has 27 heavy (non-hydrogen) atoms. The van der Waals surface area contributed by atoms with Gasteiger partial charge in [-0.25, -0.2) is 4.39 Å². The highest BCUT2D eigenvalue weighted by Gasteiger charge is 2.20. The fourth-order valence-corrected chi connectivity index (χ4v) is 3.99. The molecule has 3 aromatic rings. The SMILES string of the molecule is Nc1c(C(=O)NCc2ccc3c(c2)OCO3)sc(=S)n1-c1ccccc1F. The van der Waals surface area contributed by atoms with Crippen LogP contribution in [0, 0.1) is 9.77 Å². The van der Waals surface area contributed by atoms with Gasteiger partial charge in [0.15, 0.2) is 15.5 Å². The number of nitrogens with zero attached hydrogens (tertiary/aromatic N) is 1. The number of nitrogens with two attached hydrogens (primary N) is 1. The number of hydrogen-bond donors (Lipinski definition) is 2. The first kappa shape index (κ1) is 17.5. The lowest BCUT2D eigenvalue weighted by molar-refractivity contribution is 0.0955. The number of amides is 1. The van der Waals surface area contributed by atoms with Crippen LogP contribution >= 0.6 is 23.6 Å². The van der Waals surface area contributed by atoms with Gasteiger partial charge in [-0.2, -0.15) is 0 Å². The van der Waals surface area contributed by atoms with E-state index in [0.29, 0.717) is 15.5 Å². The Kier molecular flexibility index (Phi) is 4.54. The molecule has 9 heteroatoms. The second-order valence-corrected chi connectivity index (χ2v) is 7.38. The van der Waals surface area contributed by atoms with E-state index in [1.807, 2.05) is 6.07 Å². The third kappa shape index (κ3) is 3.26. The minimum Gasteiger partial charge on any atom is -0.454 e. The molecule has 0 atom stereocenters. The van der Waals surface area contributed by atoms with E-state index in [4.69, 9.17) is 27.4 Å². The summed E-state index contributed by atoms with van der Waals surface area (Å²) in [6.07, 6.45) is 0. The van der Waals surface area contributed by atoms with Crippen molar-refractivity contribution in [3.05, 3.63) is 62.7 Å². The van der Waals surface area contributed by atoms with E-state index < -0.39 is 5.82 Å². The molecule has 1 amide bonds.